The molecule has 1 aromatic carbocycles. The number of hydrogen-bond acceptors (Lipinski definition) is 5. The largest absolute Gasteiger partial charge is 0.462 e. The van der Waals surface area contributed by atoms with Crippen molar-refractivity contribution in [3.63, 3.8) is 0 Å². The van der Waals surface area contributed by atoms with Crippen LogP contribution in [0.25, 0.3) is 0 Å². The van der Waals surface area contributed by atoms with Gasteiger partial charge in [-0.2, -0.15) is 0 Å². The molecular weight excluding hydrogens is 323 g/mol. The van der Waals surface area contributed by atoms with E-state index in [1.165, 1.54) is 6.07 Å². The molecule has 0 amide bonds. The molecule has 0 bridgehead atoms. The molecule has 0 radical (unpaired) electrons. The molecular formula is C15H23FN2O4S. The highest BCUT2D eigenvalue weighted by Crippen LogP contribution is 2.26. The van der Waals surface area contributed by atoms with Gasteiger partial charge in [0.1, 0.15) is 0 Å². The Balaban J connectivity index is 3.03. The standard InChI is InChI=1S/C15H23FN2O4S/c1-3-5-7-17-12-9-11(15(19)22-8-6-4-2)10-13(14(12)16)18-23(20)21/h9-10,17,23H,3-8H2,1-2H3,(H,18,20,21). The number of carbonyl (C=O) groups is 1. The maximum absolute atomic E-state index is 14.3. The van der Waals surface area contributed by atoms with Gasteiger partial charge in [-0.1, -0.05) is 26.7 Å². The van der Waals surface area contributed by atoms with Gasteiger partial charge >= 0.3 is 5.97 Å². The van der Waals surface area contributed by atoms with E-state index in [1.54, 1.807) is 0 Å². The second kappa shape index (κ2) is 10.0. The van der Waals surface area contributed by atoms with Gasteiger partial charge in [-0.05, 0) is 25.0 Å². The van der Waals surface area contributed by atoms with E-state index in [9.17, 15) is 17.6 Å². The lowest BCUT2D eigenvalue weighted by molar-refractivity contribution is 0.0500. The van der Waals surface area contributed by atoms with Crippen LogP contribution in [-0.4, -0.2) is 27.5 Å². The molecule has 0 heterocycles. The highest BCUT2D eigenvalue weighted by Gasteiger charge is 2.16. The second-order valence-electron chi connectivity index (χ2n) is 5.02. The first-order chi connectivity index (χ1) is 11.0. The van der Waals surface area contributed by atoms with E-state index in [-0.39, 0.29) is 23.5 Å². The minimum atomic E-state index is -3.04. The smallest absolute Gasteiger partial charge is 0.338 e. The van der Waals surface area contributed by atoms with Gasteiger partial charge < -0.3 is 10.1 Å². The summed E-state index contributed by atoms with van der Waals surface area (Å²) in [5.74, 6) is -1.36. The molecule has 0 aliphatic heterocycles. The van der Waals surface area contributed by atoms with E-state index in [0.29, 0.717) is 6.54 Å². The number of halogens is 1. The molecule has 0 aliphatic rings. The van der Waals surface area contributed by atoms with Crippen LogP contribution < -0.4 is 10.0 Å². The first kappa shape index (κ1) is 19.2. The first-order valence-corrected chi connectivity index (χ1v) is 8.82. The Morgan fingerprint density at radius 2 is 1.83 bits per heavy atom. The minimum Gasteiger partial charge on any atom is -0.462 e. The van der Waals surface area contributed by atoms with Crippen LogP contribution in [0.5, 0.6) is 0 Å². The molecule has 0 unspecified atom stereocenters. The zero-order chi connectivity index (χ0) is 17.2. The number of carbonyl (C=O) groups excluding carboxylic acids is 1. The predicted octanol–water partition coefficient (Wildman–Crippen LogP) is 2.93. The number of thiol groups is 1. The molecule has 0 fully saturated rings. The number of anilines is 2. The summed E-state index contributed by atoms with van der Waals surface area (Å²) in [5.41, 5.74) is -0.103. The quantitative estimate of drug-likeness (QED) is 0.345. The molecule has 2 N–H and O–H groups in total. The average molecular weight is 346 g/mol. The summed E-state index contributed by atoms with van der Waals surface area (Å²) in [4.78, 5) is 12.0. The Hall–Kier alpha value is -1.83. The molecule has 0 spiro atoms. The average Bonchev–Trinajstić information content (AvgIpc) is 2.50. The van der Waals surface area contributed by atoms with Crippen molar-refractivity contribution in [3.05, 3.63) is 23.5 Å². The molecule has 1 aromatic rings. The lowest BCUT2D eigenvalue weighted by Gasteiger charge is -2.13. The van der Waals surface area contributed by atoms with Crippen molar-refractivity contribution in [3.8, 4) is 0 Å². The summed E-state index contributed by atoms with van der Waals surface area (Å²) >= 11 is 0. The fourth-order valence-corrected chi connectivity index (χ4v) is 2.20. The van der Waals surface area contributed by atoms with Gasteiger partial charge in [0.15, 0.2) is 5.82 Å². The van der Waals surface area contributed by atoms with Crippen LogP contribution >= 0.6 is 0 Å². The summed E-state index contributed by atoms with van der Waals surface area (Å²) in [6.07, 6.45) is 3.35. The van der Waals surface area contributed by atoms with Crippen LogP contribution in [0.4, 0.5) is 15.8 Å². The molecule has 1 rings (SSSR count). The number of nitrogens with one attached hydrogen (secondary N) is 2. The fraction of sp³-hybridized carbons (Fsp3) is 0.533. The topological polar surface area (TPSA) is 84.5 Å². The third-order valence-corrected chi connectivity index (χ3v) is 3.52. The summed E-state index contributed by atoms with van der Waals surface area (Å²) in [6.45, 7) is 4.75. The Morgan fingerprint density at radius 1 is 1.17 bits per heavy atom. The van der Waals surface area contributed by atoms with Crippen LogP contribution in [0.3, 0.4) is 0 Å². The normalized spacial score (nSPS) is 10.6. The molecule has 0 aromatic heterocycles. The zero-order valence-corrected chi connectivity index (χ0v) is 14.2. The van der Waals surface area contributed by atoms with Gasteiger partial charge in [0.05, 0.1) is 23.5 Å². The number of ether oxygens (including phenoxy) is 1. The summed E-state index contributed by atoms with van der Waals surface area (Å²) in [7, 11) is -3.04. The Morgan fingerprint density at radius 3 is 2.43 bits per heavy atom. The van der Waals surface area contributed by atoms with Crippen LogP contribution in [0.15, 0.2) is 12.1 Å². The molecule has 0 atom stereocenters. The highest BCUT2D eigenvalue weighted by atomic mass is 32.2. The molecule has 8 heteroatoms. The van der Waals surface area contributed by atoms with Gasteiger partial charge in [-0.15, -0.1) is 0 Å². The van der Waals surface area contributed by atoms with E-state index in [4.69, 9.17) is 4.74 Å². The van der Waals surface area contributed by atoms with Crippen molar-refractivity contribution in [1.82, 2.24) is 0 Å². The maximum Gasteiger partial charge on any atom is 0.338 e. The van der Waals surface area contributed by atoms with Crippen molar-refractivity contribution < 1.29 is 22.3 Å². The van der Waals surface area contributed by atoms with E-state index in [0.717, 1.165) is 31.7 Å². The number of esters is 1. The molecule has 0 aliphatic carbocycles. The molecule has 0 saturated heterocycles. The number of rotatable bonds is 10. The van der Waals surface area contributed by atoms with E-state index < -0.39 is 22.7 Å². The van der Waals surface area contributed by atoms with Gasteiger partial charge in [0.25, 0.3) is 0 Å². The Bertz CT molecular complexity index is 597. The minimum absolute atomic E-state index is 0.0720. The Kier molecular flexibility index (Phi) is 8.39. The van der Waals surface area contributed by atoms with E-state index in [1.807, 2.05) is 18.6 Å². The second-order valence-corrected chi connectivity index (χ2v) is 5.76. The lowest BCUT2D eigenvalue weighted by atomic mass is 10.1. The van der Waals surface area contributed by atoms with Gasteiger partial charge in [0, 0.05) is 6.54 Å². The van der Waals surface area contributed by atoms with Gasteiger partial charge in [0.2, 0.25) is 10.9 Å². The zero-order valence-electron chi connectivity index (χ0n) is 13.4. The molecule has 6 nitrogen and oxygen atoms in total. The van der Waals surface area contributed by atoms with Gasteiger partial charge in [-0.3, -0.25) is 4.72 Å². The number of hydrogen-bond donors (Lipinski definition) is 3. The molecule has 130 valence electrons. The lowest BCUT2D eigenvalue weighted by Crippen LogP contribution is -2.11. The van der Waals surface area contributed by atoms with Crippen LogP contribution in [0, 0.1) is 5.82 Å². The third kappa shape index (κ3) is 6.43. The fourth-order valence-electron chi connectivity index (χ4n) is 1.84. The van der Waals surface area contributed by atoms with Crippen LogP contribution in [-0.2, 0) is 15.6 Å². The monoisotopic (exact) mass is 346 g/mol. The number of unbranched alkanes of at least 4 members (excludes halogenated alkanes) is 2. The van der Waals surface area contributed by atoms with Crippen molar-refractivity contribution in [2.75, 3.05) is 23.2 Å². The van der Waals surface area contributed by atoms with Crippen molar-refractivity contribution in [1.29, 1.82) is 0 Å². The van der Waals surface area contributed by atoms with Crippen LogP contribution in [0.2, 0.25) is 0 Å². The summed E-state index contributed by atoms with van der Waals surface area (Å²) < 4.78 is 43.0. The number of benzene rings is 1. The van der Waals surface area contributed by atoms with Crippen LogP contribution in [0.1, 0.15) is 49.9 Å². The van der Waals surface area contributed by atoms with Crippen molar-refractivity contribution in [2.45, 2.75) is 39.5 Å². The highest BCUT2D eigenvalue weighted by molar-refractivity contribution is 7.73. The maximum atomic E-state index is 14.3. The predicted molar refractivity (Wildman–Crippen MR) is 88.9 cm³/mol. The summed E-state index contributed by atoms with van der Waals surface area (Å²) in [5, 5.41) is 2.87. The van der Waals surface area contributed by atoms with Crippen molar-refractivity contribution in [2.24, 2.45) is 0 Å². The van der Waals surface area contributed by atoms with Gasteiger partial charge in [-0.25, -0.2) is 17.6 Å². The SMILES string of the molecule is CCCCNc1cc(C(=O)OCCCC)cc(N[SH](=O)=O)c1F. The van der Waals surface area contributed by atoms with E-state index >= 15 is 0 Å². The summed E-state index contributed by atoms with van der Waals surface area (Å²) in [6, 6.07) is 2.47. The van der Waals surface area contributed by atoms with E-state index in [2.05, 4.69) is 5.32 Å². The first-order valence-electron chi connectivity index (χ1n) is 7.65. The Labute approximate surface area is 137 Å². The molecule has 0 saturated carbocycles. The van der Waals surface area contributed by atoms with Crippen molar-refractivity contribution >= 4 is 28.2 Å². The third-order valence-electron chi connectivity index (χ3n) is 3.10. The molecule has 23 heavy (non-hydrogen) atoms.